The average molecular weight is 336 g/mol. The van der Waals surface area contributed by atoms with Crippen LogP contribution in [0.5, 0.6) is 11.5 Å². The number of benzene rings is 2. The van der Waals surface area contributed by atoms with Crippen molar-refractivity contribution < 1.29 is 29.4 Å². The van der Waals surface area contributed by atoms with Crippen molar-refractivity contribution in [2.24, 2.45) is 0 Å². The first-order valence-corrected chi connectivity index (χ1v) is 8.59. The van der Waals surface area contributed by atoms with E-state index >= 15 is 0 Å². The summed E-state index contributed by atoms with van der Waals surface area (Å²) in [5.41, 5.74) is 0.797. The van der Waals surface area contributed by atoms with Crippen LogP contribution in [-0.2, 0) is 11.0 Å². The molecule has 2 rings (SSSR count). The quantitative estimate of drug-likeness (QED) is 0.474. The first kappa shape index (κ1) is 17.2. The number of aryl methyl sites for hydroxylation is 1. The molecule has 0 heterocycles. The fraction of sp³-hybridized carbons (Fsp3) is 0.188. The van der Waals surface area contributed by atoms with E-state index < -0.39 is 13.4 Å². The molecule has 4 N–H and O–H groups in total. The van der Waals surface area contributed by atoms with Gasteiger partial charge in [0.15, 0.2) is 5.78 Å². The molecule has 0 saturated heterocycles. The van der Waals surface area contributed by atoms with Crippen LogP contribution in [0.25, 0.3) is 0 Å². The van der Waals surface area contributed by atoms with Crippen molar-refractivity contribution in [2.75, 3.05) is 0 Å². The zero-order valence-corrected chi connectivity index (χ0v) is 13.1. The van der Waals surface area contributed by atoms with Gasteiger partial charge in [-0.05, 0) is 48.7 Å². The van der Waals surface area contributed by atoms with Gasteiger partial charge in [-0.2, -0.15) is 0 Å². The third kappa shape index (κ3) is 4.66. The maximum absolute atomic E-state index is 12.2. The van der Waals surface area contributed by atoms with Crippen molar-refractivity contribution in [3.05, 3.63) is 53.6 Å². The van der Waals surface area contributed by atoms with Crippen LogP contribution < -0.4 is 5.30 Å². The van der Waals surface area contributed by atoms with Crippen LogP contribution in [0.15, 0.2) is 42.5 Å². The fourth-order valence-corrected chi connectivity index (χ4v) is 3.02. The highest BCUT2D eigenvalue weighted by molar-refractivity contribution is 7.60. The lowest BCUT2D eigenvalue weighted by Crippen LogP contribution is -2.16. The summed E-state index contributed by atoms with van der Waals surface area (Å²) in [6.45, 7) is 0. The molecule has 0 amide bonds. The molecular formula is C16H17O6P. The lowest BCUT2D eigenvalue weighted by molar-refractivity contribution is 0.0980. The molecule has 0 atom stereocenters. The molecule has 0 aliphatic rings. The van der Waals surface area contributed by atoms with Gasteiger partial charge >= 0.3 is 7.60 Å². The monoisotopic (exact) mass is 336 g/mol. The normalized spacial score (nSPS) is 11.4. The molecular weight excluding hydrogens is 319 g/mol. The van der Waals surface area contributed by atoms with Crippen LogP contribution in [0.1, 0.15) is 28.8 Å². The number of carbonyl (C=O) groups is 1. The molecule has 0 bridgehead atoms. The molecule has 6 nitrogen and oxygen atoms in total. The number of ketones is 1. The van der Waals surface area contributed by atoms with Crippen LogP contribution >= 0.6 is 7.60 Å². The highest BCUT2D eigenvalue weighted by atomic mass is 31.2. The van der Waals surface area contributed by atoms with Gasteiger partial charge in [0.25, 0.3) is 0 Å². The Morgan fingerprint density at radius 3 is 2.17 bits per heavy atom. The largest absolute Gasteiger partial charge is 0.508 e. The molecule has 0 spiro atoms. The van der Waals surface area contributed by atoms with Gasteiger partial charge in [0.2, 0.25) is 0 Å². The lowest BCUT2D eigenvalue weighted by Gasteiger charge is -2.10. The van der Waals surface area contributed by atoms with E-state index in [1.54, 1.807) is 24.3 Å². The second-order valence-corrected chi connectivity index (χ2v) is 6.76. The van der Waals surface area contributed by atoms with Gasteiger partial charge in [0.1, 0.15) is 11.5 Å². The van der Waals surface area contributed by atoms with E-state index in [-0.39, 0.29) is 28.8 Å². The van der Waals surface area contributed by atoms with Crippen molar-refractivity contribution >= 4 is 18.7 Å². The molecule has 0 radical (unpaired) electrons. The molecule has 2 aromatic carbocycles. The summed E-state index contributed by atoms with van der Waals surface area (Å²) in [7, 11) is -4.58. The van der Waals surface area contributed by atoms with Crippen LogP contribution in [0.4, 0.5) is 0 Å². The fourth-order valence-electron chi connectivity index (χ4n) is 2.25. The Morgan fingerprint density at radius 2 is 1.57 bits per heavy atom. The standard InChI is InChI=1S/C16H17O6P/c17-12-6-4-11(5-7-12)2-1-3-15(19)14-10-13(18)8-9-16(14)23(20,21)22/h4-10,17-18H,1-3H2,(H2,20,21,22). The molecule has 2 aromatic rings. The number of hydrogen-bond donors (Lipinski definition) is 4. The molecule has 0 unspecified atom stereocenters. The van der Waals surface area contributed by atoms with Gasteiger partial charge in [0.05, 0.1) is 5.30 Å². The Balaban J connectivity index is 2.07. The van der Waals surface area contributed by atoms with Gasteiger partial charge in [-0.15, -0.1) is 0 Å². The minimum Gasteiger partial charge on any atom is -0.508 e. The van der Waals surface area contributed by atoms with Crippen molar-refractivity contribution in [1.82, 2.24) is 0 Å². The maximum Gasteiger partial charge on any atom is 0.356 e. The third-order valence-electron chi connectivity index (χ3n) is 3.40. The molecule has 23 heavy (non-hydrogen) atoms. The molecule has 0 aliphatic heterocycles. The zero-order valence-electron chi connectivity index (χ0n) is 12.2. The Morgan fingerprint density at radius 1 is 0.957 bits per heavy atom. The van der Waals surface area contributed by atoms with Gasteiger partial charge < -0.3 is 20.0 Å². The van der Waals surface area contributed by atoms with Crippen LogP contribution in [0.3, 0.4) is 0 Å². The van der Waals surface area contributed by atoms with E-state index in [0.717, 1.165) is 23.8 Å². The summed E-state index contributed by atoms with van der Waals surface area (Å²) < 4.78 is 11.4. The summed E-state index contributed by atoms with van der Waals surface area (Å²) in [5, 5.41) is 18.3. The Hall–Kier alpha value is -2.14. The predicted molar refractivity (Wildman–Crippen MR) is 85.2 cm³/mol. The van der Waals surface area contributed by atoms with Crippen LogP contribution in [-0.4, -0.2) is 25.8 Å². The molecule has 0 saturated carbocycles. The van der Waals surface area contributed by atoms with Crippen molar-refractivity contribution in [2.45, 2.75) is 19.3 Å². The highest BCUT2D eigenvalue weighted by Crippen LogP contribution is 2.36. The highest BCUT2D eigenvalue weighted by Gasteiger charge is 2.25. The SMILES string of the molecule is O=C(CCCc1ccc(O)cc1)c1cc(O)ccc1P(=O)(O)O. The predicted octanol–water partition coefficient (Wildman–Crippen LogP) is 2.11. The number of phenols is 2. The van der Waals surface area contributed by atoms with Crippen LogP contribution in [0, 0.1) is 0 Å². The second-order valence-electron chi connectivity index (χ2n) is 5.19. The third-order valence-corrected chi connectivity index (χ3v) is 4.42. The molecule has 0 aromatic heterocycles. The Kier molecular flexibility index (Phi) is 5.21. The van der Waals surface area contributed by atoms with Crippen LogP contribution in [0.2, 0.25) is 0 Å². The minimum atomic E-state index is -4.58. The first-order valence-electron chi connectivity index (χ1n) is 6.97. The van der Waals surface area contributed by atoms with E-state index in [0.29, 0.717) is 12.8 Å². The molecule has 122 valence electrons. The Labute approximate surface area is 133 Å². The second kappa shape index (κ2) is 6.96. The maximum atomic E-state index is 12.2. The summed E-state index contributed by atoms with van der Waals surface area (Å²) >= 11 is 0. The summed E-state index contributed by atoms with van der Waals surface area (Å²) in [5.74, 6) is -0.488. The molecule has 0 fully saturated rings. The summed E-state index contributed by atoms with van der Waals surface area (Å²) in [6, 6.07) is 9.89. The van der Waals surface area contributed by atoms with Gasteiger partial charge in [-0.1, -0.05) is 12.1 Å². The van der Waals surface area contributed by atoms with E-state index in [1.807, 2.05) is 0 Å². The number of hydrogen-bond acceptors (Lipinski definition) is 4. The van der Waals surface area contributed by atoms with Gasteiger partial charge in [-0.3, -0.25) is 9.36 Å². The lowest BCUT2D eigenvalue weighted by atomic mass is 10.0. The number of rotatable bonds is 6. The Bertz CT molecular complexity index is 748. The summed E-state index contributed by atoms with van der Waals surface area (Å²) in [4.78, 5) is 30.8. The smallest absolute Gasteiger partial charge is 0.356 e. The number of carbonyl (C=O) groups excluding carboxylic acids is 1. The molecule has 0 aliphatic carbocycles. The van der Waals surface area contributed by atoms with Gasteiger partial charge in [0, 0.05) is 12.0 Å². The van der Waals surface area contributed by atoms with Crippen molar-refractivity contribution in [3.63, 3.8) is 0 Å². The number of Topliss-reactive ketones (excluding diaryl/α,β-unsaturated/α-hetero) is 1. The van der Waals surface area contributed by atoms with E-state index in [1.165, 1.54) is 0 Å². The zero-order chi connectivity index (χ0) is 17.0. The summed E-state index contributed by atoms with van der Waals surface area (Å²) in [6.07, 6.45) is 1.17. The van der Waals surface area contributed by atoms with Crippen molar-refractivity contribution in [3.8, 4) is 11.5 Å². The van der Waals surface area contributed by atoms with Gasteiger partial charge in [-0.25, -0.2) is 0 Å². The number of phenolic OH excluding ortho intramolecular Hbond substituents is 2. The van der Waals surface area contributed by atoms with E-state index in [9.17, 15) is 29.4 Å². The van der Waals surface area contributed by atoms with Crippen molar-refractivity contribution in [1.29, 1.82) is 0 Å². The van der Waals surface area contributed by atoms with E-state index in [2.05, 4.69) is 0 Å². The van der Waals surface area contributed by atoms with E-state index in [4.69, 9.17) is 0 Å². The topological polar surface area (TPSA) is 115 Å². The molecule has 7 heteroatoms. The average Bonchev–Trinajstić information content (AvgIpc) is 2.48. The minimum absolute atomic E-state index is 0.0946. The first-order chi connectivity index (χ1) is 10.8. The number of aromatic hydroxyl groups is 2.